The number of aryl methyl sites for hydroxylation is 1. The van der Waals surface area contributed by atoms with Gasteiger partial charge in [-0.1, -0.05) is 15.9 Å². The summed E-state index contributed by atoms with van der Waals surface area (Å²) in [4.78, 5) is 23.3. The van der Waals surface area contributed by atoms with Crippen molar-refractivity contribution in [2.75, 3.05) is 5.32 Å². The van der Waals surface area contributed by atoms with Crippen LogP contribution in [0.5, 0.6) is 0 Å². The van der Waals surface area contributed by atoms with Gasteiger partial charge in [-0.2, -0.15) is 5.10 Å². The van der Waals surface area contributed by atoms with Crippen molar-refractivity contribution in [1.82, 2.24) is 10.2 Å². The van der Waals surface area contributed by atoms with Gasteiger partial charge in [0.05, 0.1) is 11.3 Å². The van der Waals surface area contributed by atoms with Gasteiger partial charge in [0.25, 0.3) is 5.91 Å². The molecule has 20 heavy (non-hydrogen) atoms. The smallest absolute Gasteiger partial charge is 0.337 e. The summed E-state index contributed by atoms with van der Waals surface area (Å²) in [6, 6.07) is 4.64. The lowest BCUT2D eigenvalue weighted by atomic mass is 10.1. The number of carboxylic acid groups (broad SMARTS) is 1. The van der Waals surface area contributed by atoms with Gasteiger partial charge in [0.2, 0.25) is 0 Å². The first-order valence-electron chi connectivity index (χ1n) is 5.44. The number of aromatic amines is 1. The van der Waals surface area contributed by atoms with Crippen LogP contribution in [0.15, 0.2) is 27.1 Å². The average molecular weight is 403 g/mol. The second-order valence-corrected chi connectivity index (χ2v) is 5.78. The number of aromatic nitrogens is 2. The number of carboxylic acids is 1. The van der Waals surface area contributed by atoms with E-state index in [1.165, 1.54) is 6.07 Å². The van der Waals surface area contributed by atoms with Crippen molar-refractivity contribution in [3.8, 4) is 0 Å². The third-order valence-corrected chi connectivity index (χ3v) is 3.55. The number of anilines is 1. The fourth-order valence-corrected chi connectivity index (χ4v) is 2.91. The number of benzene rings is 1. The van der Waals surface area contributed by atoms with Gasteiger partial charge >= 0.3 is 5.97 Å². The first-order chi connectivity index (χ1) is 9.38. The fourth-order valence-electron chi connectivity index (χ4n) is 1.58. The second-order valence-electron chi connectivity index (χ2n) is 4.01. The van der Waals surface area contributed by atoms with Crippen molar-refractivity contribution < 1.29 is 14.7 Å². The molecule has 1 aromatic carbocycles. The molecule has 0 unspecified atom stereocenters. The number of carbonyl (C=O) groups excluding carboxylic acids is 1. The summed E-state index contributed by atoms with van der Waals surface area (Å²) >= 11 is 6.44. The summed E-state index contributed by atoms with van der Waals surface area (Å²) in [6.45, 7) is 1.77. The standard InChI is InChI=1S/C12H9Br2N3O3/c1-5-2-9(17-16-5)11(18)15-10-7(12(19)20)3-6(13)4-8(10)14/h2-4H,1H3,(H,15,18)(H,16,17)(H,19,20). The molecule has 3 N–H and O–H groups in total. The van der Waals surface area contributed by atoms with Gasteiger partial charge in [0.15, 0.2) is 5.69 Å². The average Bonchev–Trinajstić information content (AvgIpc) is 2.78. The molecule has 0 saturated carbocycles. The highest BCUT2D eigenvalue weighted by atomic mass is 79.9. The normalized spacial score (nSPS) is 10.3. The maximum absolute atomic E-state index is 12.0. The van der Waals surface area contributed by atoms with Crippen molar-refractivity contribution >= 4 is 49.4 Å². The predicted molar refractivity (Wildman–Crippen MR) is 80.1 cm³/mol. The Morgan fingerprint density at radius 2 is 2.00 bits per heavy atom. The number of hydrogen-bond donors (Lipinski definition) is 3. The van der Waals surface area contributed by atoms with E-state index in [2.05, 4.69) is 47.4 Å². The largest absolute Gasteiger partial charge is 0.478 e. The van der Waals surface area contributed by atoms with Gasteiger partial charge in [-0.05, 0) is 41.1 Å². The van der Waals surface area contributed by atoms with Gasteiger partial charge in [-0.3, -0.25) is 9.89 Å². The van der Waals surface area contributed by atoms with Gasteiger partial charge < -0.3 is 10.4 Å². The SMILES string of the molecule is Cc1cc(C(=O)Nc2c(Br)cc(Br)cc2C(=O)O)n[nH]1. The van der Waals surface area contributed by atoms with E-state index in [1.54, 1.807) is 19.1 Å². The number of aromatic carboxylic acids is 1. The number of halogens is 2. The Kier molecular flexibility index (Phi) is 4.24. The summed E-state index contributed by atoms with van der Waals surface area (Å²) in [5, 5.41) is 18.2. The number of nitrogens with zero attached hydrogens (tertiary/aromatic N) is 1. The molecule has 104 valence electrons. The lowest BCUT2D eigenvalue weighted by Gasteiger charge is -2.10. The summed E-state index contributed by atoms with van der Waals surface area (Å²) in [7, 11) is 0. The van der Waals surface area contributed by atoms with Crippen LogP contribution in [-0.4, -0.2) is 27.2 Å². The van der Waals surface area contributed by atoms with Gasteiger partial charge in [0, 0.05) is 14.6 Å². The highest BCUT2D eigenvalue weighted by Crippen LogP contribution is 2.31. The molecule has 0 aliphatic heterocycles. The molecule has 0 bridgehead atoms. The van der Waals surface area contributed by atoms with Crippen molar-refractivity contribution in [2.24, 2.45) is 0 Å². The molecular formula is C12H9Br2N3O3. The minimum atomic E-state index is -1.14. The van der Waals surface area contributed by atoms with E-state index < -0.39 is 11.9 Å². The molecule has 0 spiro atoms. The van der Waals surface area contributed by atoms with Crippen LogP contribution in [0.25, 0.3) is 0 Å². The van der Waals surface area contributed by atoms with Crippen molar-refractivity contribution in [3.05, 3.63) is 44.1 Å². The Labute approximate surface area is 130 Å². The van der Waals surface area contributed by atoms with E-state index in [0.717, 1.165) is 5.69 Å². The zero-order valence-corrected chi connectivity index (χ0v) is 13.4. The molecular weight excluding hydrogens is 394 g/mol. The topological polar surface area (TPSA) is 95.1 Å². The molecule has 0 saturated heterocycles. The maximum Gasteiger partial charge on any atom is 0.337 e. The van der Waals surface area contributed by atoms with Crippen LogP contribution in [-0.2, 0) is 0 Å². The number of H-pyrrole nitrogens is 1. The number of amides is 1. The van der Waals surface area contributed by atoms with Gasteiger partial charge in [-0.25, -0.2) is 4.79 Å². The van der Waals surface area contributed by atoms with Crippen molar-refractivity contribution in [3.63, 3.8) is 0 Å². The van der Waals surface area contributed by atoms with Crippen LogP contribution in [0.3, 0.4) is 0 Å². The summed E-state index contributed by atoms with van der Waals surface area (Å²) in [5.74, 6) is -1.62. The van der Waals surface area contributed by atoms with E-state index in [0.29, 0.717) is 8.95 Å². The minimum absolute atomic E-state index is 0.0214. The number of hydrogen-bond acceptors (Lipinski definition) is 3. The molecule has 0 aliphatic carbocycles. The summed E-state index contributed by atoms with van der Waals surface area (Å²) < 4.78 is 1.06. The highest BCUT2D eigenvalue weighted by molar-refractivity contribution is 9.11. The Morgan fingerprint density at radius 3 is 2.55 bits per heavy atom. The Morgan fingerprint density at radius 1 is 1.30 bits per heavy atom. The predicted octanol–water partition coefficient (Wildman–Crippen LogP) is 3.19. The summed E-state index contributed by atoms with van der Waals surface area (Å²) in [6.07, 6.45) is 0. The van der Waals surface area contributed by atoms with Crippen molar-refractivity contribution in [1.29, 1.82) is 0 Å². The van der Waals surface area contributed by atoms with E-state index in [9.17, 15) is 14.7 Å². The maximum atomic E-state index is 12.0. The highest BCUT2D eigenvalue weighted by Gasteiger charge is 2.18. The fraction of sp³-hybridized carbons (Fsp3) is 0.0833. The van der Waals surface area contributed by atoms with Crippen LogP contribution in [0, 0.1) is 6.92 Å². The first kappa shape index (κ1) is 14.7. The van der Waals surface area contributed by atoms with Gasteiger partial charge in [-0.15, -0.1) is 0 Å². The molecule has 0 aliphatic rings. The zero-order chi connectivity index (χ0) is 14.9. The van der Waals surface area contributed by atoms with Crippen LogP contribution in [0.4, 0.5) is 5.69 Å². The molecule has 0 radical (unpaired) electrons. The third-order valence-electron chi connectivity index (χ3n) is 2.46. The molecule has 1 amide bonds. The third kappa shape index (κ3) is 3.07. The monoisotopic (exact) mass is 401 g/mol. The van der Waals surface area contributed by atoms with Crippen LogP contribution in [0.1, 0.15) is 26.5 Å². The van der Waals surface area contributed by atoms with E-state index in [1.807, 2.05) is 0 Å². The Bertz CT molecular complexity index is 697. The van der Waals surface area contributed by atoms with Gasteiger partial charge in [0.1, 0.15) is 0 Å². The lowest BCUT2D eigenvalue weighted by Crippen LogP contribution is -2.16. The van der Waals surface area contributed by atoms with E-state index in [4.69, 9.17) is 0 Å². The zero-order valence-electron chi connectivity index (χ0n) is 10.2. The van der Waals surface area contributed by atoms with Crippen LogP contribution in [0.2, 0.25) is 0 Å². The number of rotatable bonds is 3. The number of carbonyl (C=O) groups is 2. The Balaban J connectivity index is 2.38. The molecule has 1 aromatic heterocycles. The first-order valence-corrected chi connectivity index (χ1v) is 7.03. The van der Waals surface area contributed by atoms with Crippen LogP contribution < -0.4 is 5.32 Å². The van der Waals surface area contributed by atoms with Crippen molar-refractivity contribution in [2.45, 2.75) is 6.92 Å². The Hall–Kier alpha value is -1.67. The molecule has 8 heteroatoms. The van der Waals surface area contributed by atoms with E-state index in [-0.39, 0.29) is 16.9 Å². The molecule has 2 aromatic rings. The molecule has 1 heterocycles. The molecule has 6 nitrogen and oxygen atoms in total. The van der Waals surface area contributed by atoms with Crippen LogP contribution >= 0.6 is 31.9 Å². The lowest BCUT2D eigenvalue weighted by molar-refractivity contribution is 0.0698. The second kappa shape index (κ2) is 5.76. The molecule has 2 rings (SSSR count). The minimum Gasteiger partial charge on any atom is -0.478 e. The summed E-state index contributed by atoms with van der Waals surface area (Å²) in [5.41, 5.74) is 1.09. The molecule has 0 fully saturated rings. The van der Waals surface area contributed by atoms with E-state index >= 15 is 0 Å². The molecule has 0 atom stereocenters. The number of nitrogens with one attached hydrogen (secondary N) is 2. The quantitative estimate of drug-likeness (QED) is 0.734.